The monoisotopic (exact) mass is 290 g/mol. The minimum Gasteiger partial charge on any atom is -0.382 e. The molecule has 4 aromatic rings. The van der Waals surface area contributed by atoms with Gasteiger partial charge in [0.15, 0.2) is 17.3 Å². The number of nitrogen functional groups attached to an aromatic ring is 1. The van der Waals surface area contributed by atoms with Crippen molar-refractivity contribution in [2.24, 2.45) is 0 Å². The minimum absolute atomic E-state index is 0.403. The Hall–Kier alpha value is -3.02. The molecular weight excluding hydrogens is 276 g/mol. The zero-order valence-corrected chi connectivity index (χ0v) is 12.0. The van der Waals surface area contributed by atoms with E-state index in [-0.39, 0.29) is 0 Å². The smallest absolute Gasteiger partial charge is 0.183 e. The average Bonchev–Trinajstić information content (AvgIpc) is 2.98. The van der Waals surface area contributed by atoms with E-state index in [9.17, 15) is 0 Å². The summed E-state index contributed by atoms with van der Waals surface area (Å²) in [5.41, 5.74) is 9.08. The molecule has 1 aromatic carbocycles. The number of para-hydroxylation sites is 1. The first kappa shape index (κ1) is 12.7. The molecule has 4 rings (SSSR count). The first-order valence-corrected chi connectivity index (χ1v) is 7.12. The summed E-state index contributed by atoms with van der Waals surface area (Å²) in [7, 11) is 0. The van der Waals surface area contributed by atoms with Gasteiger partial charge in [0, 0.05) is 23.6 Å². The van der Waals surface area contributed by atoms with E-state index in [1.807, 2.05) is 37.3 Å². The first-order valence-electron chi connectivity index (χ1n) is 7.12. The van der Waals surface area contributed by atoms with Crippen molar-refractivity contribution in [1.29, 1.82) is 0 Å². The maximum absolute atomic E-state index is 6.03. The van der Waals surface area contributed by atoms with Crippen LogP contribution in [0.1, 0.15) is 12.7 Å². The molecule has 6 heteroatoms. The molecule has 0 aliphatic carbocycles. The number of hydrogen-bond acceptors (Lipinski definition) is 5. The van der Waals surface area contributed by atoms with Crippen LogP contribution >= 0.6 is 0 Å². The number of nitrogens with one attached hydrogen (secondary N) is 1. The predicted molar refractivity (Wildman–Crippen MR) is 86.2 cm³/mol. The number of benzene rings is 1. The van der Waals surface area contributed by atoms with E-state index >= 15 is 0 Å². The van der Waals surface area contributed by atoms with Gasteiger partial charge in [-0.25, -0.2) is 15.0 Å². The van der Waals surface area contributed by atoms with Gasteiger partial charge in [0.2, 0.25) is 0 Å². The number of fused-ring (bicyclic) bond motifs is 2. The lowest BCUT2D eigenvalue weighted by Crippen LogP contribution is -1.98. The van der Waals surface area contributed by atoms with Crippen molar-refractivity contribution in [3.05, 3.63) is 42.4 Å². The van der Waals surface area contributed by atoms with Gasteiger partial charge in [-0.2, -0.15) is 0 Å². The van der Waals surface area contributed by atoms with E-state index in [2.05, 4.69) is 24.9 Å². The van der Waals surface area contributed by atoms with Gasteiger partial charge < -0.3 is 10.7 Å². The van der Waals surface area contributed by atoms with Crippen molar-refractivity contribution >= 4 is 27.9 Å². The molecule has 0 aliphatic heterocycles. The number of H-pyrrole nitrogens is 1. The van der Waals surface area contributed by atoms with Crippen LogP contribution in [-0.4, -0.2) is 24.9 Å². The molecule has 0 bridgehead atoms. The second-order valence-corrected chi connectivity index (χ2v) is 5.08. The zero-order valence-electron chi connectivity index (χ0n) is 12.0. The van der Waals surface area contributed by atoms with E-state index in [1.165, 1.54) is 0 Å². The molecular formula is C16H14N6. The number of imidazole rings is 1. The largest absolute Gasteiger partial charge is 0.382 e. The number of aryl methyl sites for hydroxylation is 1. The second-order valence-electron chi connectivity index (χ2n) is 5.08. The van der Waals surface area contributed by atoms with Crippen LogP contribution < -0.4 is 5.73 Å². The Balaban J connectivity index is 1.91. The number of nitrogens with zero attached hydrogens (tertiary/aromatic N) is 4. The van der Waals surface area contributed by atoms with Crippen molar-refractivity contribution in [3.8, 4) is 11.4 Å². The summed E-state index contributed by atoms with van der Waals surface area (Å²) in [4.78, 5) is 20.9. The number of rotatable bonds is 2. The lowest BCUT2D eigenvalue weighted by Gasteiger charge is -2.03. The van der Waals surface area contributed by atoms with Crippen LogP contribution in [0.5, 0.6) is 0 Å². The topological polar surface area (TPSA) is 93.4 Å². The first-order chi connectivity index (χ1) is 10.7. The van der Waals surface area contributed by atoms with Crippen molar-refractivity contribution in [2.75, 3.05) is 5.73 Å². The van der Waals surface area contributed by atoms with E-state index in [0.29, 0.717) is 22.8 Å². The van der Waals surface area contributed by atoms with Gasteiger partial charge in [0.1, 0.15) is 11.3 Å². The average molecular weight is 290 g/mol. The Morgan fingerprint density at radius 3 is 2.86 bits per heavy atom. The number of pyridine rings is 1. The summed E-state index contributed by atoms with van der Waals surface area (Å²) in [5, 5.41) is 1.04. The molecule has 0 saturated carbocycles. The van der Waals surface area contributed by atoms with Gasteiger partial charge in [-0.1, -0.05) is 25.1 Å². The summed E-state index contributed by atoms with van der Waals surface area (Å²) < 4.78 is 0. The van der Waals surface area contributed by atoms with Crippen molar-refractivity contribution in [1.82, 2.24) is 24.9 Å². The van der Waals surface area contributed by atoms with Crippen LogP contribution in [0.25, 0.3) is 33.5 Å². The molecule has 0 atom stereocenters. The lowest BCUT2D eigenvalue weighted by molar-refractivity contribution is 0.998. The normalized spacial score (nSPS) is 11.3. The highest BCUT2D eigenvalue weighted by Crippen LogP contribution is 2.23. The van der Waals surface area contributed by atoms with Crippen molar-refractivity contribution in [3.63, 3.8) is 0 Å². The van der Waals surface area contributed by atoms with Crippen LogP contribution in [0, 0.1) is 0 Å². The molecule has 0 saturated heterocycles. The third-order valence-corrected chi connectivity index (χ3v) is 3.61. The van der Waals surface area contributed by atoms with Gasteiger partial charge in [0.05, 0.1) is 5.52 Å². The minimum atomic E-state index is 0.403. The molecule has 0 radical (unpaired) electrons. The SMILES string of the molecule is CCc1nc2nc(-c3cnc4ccccc4c3)nc(N)c2[nH]1. The molecule has 3 aromatic heterocycles. The Labute approximate surface area is 126 Å². The third-order valence-electron chi connectivity index (χ3n) is 3.61. The van der Waals surface area contributed by atoms with Gasteiger partial charge in [-0.15, -0.1) is 0 Å². The molecule has 3 N–H and O–H groups in total. The van der Waals surface area contributed by atoms with Crippen LogP contribution in [0.2, 0.25) is 0 Å². The maximum Gasteiger partial charge on any atom is 0.183 e. The molecule has 3 heterocycles. The molecule has 108 valence electrons. The summed E-state index contributed by atoms with van der Waals surface area (Å²) in [6.45, 7) is 2.02. The van der Waals surface area contributed by atoms with Crippen molar-refractivity contribution in [2.45, 2.75) is 13.3 Å². The number of anilines is 1. The van der Waals surface area contributed by atoms with E-state index in [4.69, 9.17) is 5.73 Å². The summed E-state index contributed by atoms with van der Waals surface area (Å²) >= 11 is 0. The summed E-state index contributed by atoms with van der Waals surface area (Å²) in [6, 6.07) is 9.94. The van der Waals surface area contributed by atoms with Gasteiger partial charge in [-0.05, 0) is 12.1 Å². The van der Waals surface area contributed by atoms with Gasteiger partial charge in [0.25, 0.3) is 0 Å². The van der Waals surface area contributed by atoms with Crippen LogP contribution in [0.3, 0.4) is 0 Å². The predicted octanol–water partition coefficient (Wildman–Crippen LogP) is 2.71. The van der Waals surface area contributed by atoms with Gasteiger partial charge >= 0.3 is 0 Å². The zero-order chi connectivity index (χ0) is 15.1. The maximum atomic E-state index is 6.03. The van der Waals surface area contributed by atoms with Crippen LogP contribution in [0.15, 0.2) is 36.5 Å². The van der Waals surface area contributed by atoms with Crippen LogP contribution in [0.4, 0.5) is 5.82 Å². The Morgan fingerprint density at radius 1 is 1.14 bits per heavy atom. The highest BCUT2D eigenvalue weighted by Gasteiger charge is 2.12. The molecule has 6 nitrogen and oxygen atoms in total. The highest BCUT2D eigenvalue weighted by atomic mass is 15.1. The van der Waals surface area contributed by atoms with Crippen molar-refractivity contribution < 1.29 is 0 Å². The van der Waals surface area contributed by atoms with E-state index in [0.717, 1.165) is 28.7 Å². The fraction of sp³-hybridized carbons (Fsp3) is 0.125. The fourth-order valence-corrected chi connectivity index (χ4v) is 2.46. The number of hydrogen-bond donors (Lipinski definition) is 2. The molecule has 0 fully saturated rings. The fourth-order valence-electron chi connectivity index (χ4n) is 2.46. The quantitative estimate of drug-likeness (QED) is 0.592. The van der Waals surface area contributed by atoms with Crippen LogP contribution in [-0.2, 0) is 6.42 Å². The lowest BCUT2D eigenvalue weighted by atomic mass is 10.1. The van der Waals surface area contributed by atoms with Gasteiger partial charge in [-0.3, -0.25) is 4.98 Å². The molecule has 0 aliphatic rings. The standard InChI is InChI=1S/C16H14N6/c1-2-12-19-13-14(17)21-15(22-16(13)20-12)10-7-9-5-3-4-6-11(9)18-8-10/h3-8H,2H2,1H3,(H3,17,19,20,21,22). The Kier molecular flexibility index (Phi) is 2.75. The summed E-state index contributed by atoms with van der Waals surface area (Å²) in [6.07, 6.45) is 2.55. The van der Waals surface area contributed by atoms with E-state index < -0.39 is 0 Å². The second kappa shape index (κ2) is 4.77. The number of aromatic amines is 1. The Morgan fingerprint density at radius 2 is 2.00 bits per heavy atom. The van der Waals surface area contributed by atoms with E-state index in [1.54, 1.807) is 6.20 Å². The molecule has 0 spiro atoms. The number of aromatic nitrogens is 5. The Bertz CT molecular complexity index is 988. The summed E-state index contributed by atoms with van der Waals surface area (Å²) in [5.74, 6) is 1.79. The molecule has 0 unspecified atom stereocenters. The molecule has 22 heavy (non-hydrogen) atoms. The highest BCUT2D eigenvalue weighted by molar-refractivity contribution is 5.86. The molecule has 0 amide bonds. The third kappa shape index (κ3) is 1.96. The number of nitrogens with two attached hydrogens (primary N) is 1.